The number of aryl methyl sites for hydroxylation is 2. The summed E-state index contributed by atoms with van der Waals surface area (Å²) in [7, 11) is 1.65. The molecule has 5 aromatic rings. The number of hydrogen-bond acceptors (Lipinski definition) is 9. The van der Waals surface area contributed by atoms with Gasteiger partial charge in [-0.25, -0.2) is 9.97 Å². The van der Waals surface area contributed by atoms with Crippen molar-refractivity contribution in [1.82, 2.24) is 44.9 Å². The molecule has 0 radical (unpaired) electrons. The maximum atomic E-state index is 13.6. The van der Waals surface area contributed by atoms with E-state index in [2.05, 4.69) is 40.9 Å². The molecule has 0 aliphatic rings. The van der Waals surface area contributed by atoms with Crippen LogP contribution in [0, 0.1) is 6.92 Å². The van der Waals surface area contributed by atoms with E-state index in [0.717, 1.165) is 11.1 Å². The van der Waals surface area contributed by atoms with Gasteiger partial charge in [0.15, 0.2) is 5.82 Å². The van der Waals surface area contributed by atoms with Crippen LogP contribution in [0.3, 0.4) is 0 Å². The standard InChI is InChI=1S/C21H20ClN11O/c1-10-6-16(28-27-10)33-15(7-12-4-5-13(22)8-14(12)21(33)34)11(2)26-19-17(18(23)24-9-25-19)20-29-31-32(3)30-20/h4-9,11H,1-3H3,(H,27,28)(H3,23,24,25,26). The molecule has 13 heteroatoms. The number of aromatic amines is 1. The summed E-state index contributed by atoms with van der Waals surface area (Å²) in [6.07, 6.45) is 1.34. The molecule has 0 bridgehead atoms. The Morgan fingerprint density at radius 2 is 2.03 bits per heavy atom. The molecule has 1 aromatic carbocycles. The fourth-order valence-corrected chi connectivity index (χ4v) is 3.94. The predicted octanol–water partition coefficient (Wildman–Crippen LogP) is 2.41. The highest BCUT2D eigenvalue weighted by Crippen LogP contribution is 2.31. The van der Waals surface area contributed by atoms with Gasteiger partial charge in [-0.1, -0.05) is 17.7 Å². The van der Waals surface area contributed by atoms with Crippen LogP contribution in [0.4, 0.5) is 11.6 Å². The van der Waals surface area contributed by atoms with Gasteiger partial charge in [0.1, 0.15) is 23.5 Å². The number of benzene rings is 1. The summed E-state index contributed by atoms with van der Waals surface area (Å²) in [5, 5.41) is 24.4. The maximum absolute atomic E-state index is 13.6. The predicted molar refractivity (Wildman–Crippen MR) is 128 cm³/mol. The summed E-state index contributed by atoms with van der Waals surface area (Å²) in [6, 6.07) is 8.52. The summed E-state index contributed by atoms with van der Waals surface area (Å²) < 4.78 is 1.55. The molecule has 1 unspecified atom stereocenters. The number of nitrogen functional groups attached to an aromatic ring is 1. The molecule has 12 nitrogen and oxygen atoms in total. The second-order valence-electron chi connectivity index (χ2n) is 7.80. The molecule has 0 fully saturated rings. The lowest BCUT2D eigenvalue weighted by atomic mass is 10.1. The number of halogens is 1. The molecule has 4 N–H and O–H groups in total. The van der Waals surface area contributed by atoms with Gasteiger partial charge in [0.25, 0.3) is 5.56 Å². The lowest BCUT2D eigenvalue weighted by Crippen LogP contribution is -2.26. The second kappa shape index (κ2) is 8.23. The summed E-state index contributed by atoms with van der Waals surface area (Å²) in [6.45, 7) is 3.77. The average molecular weight is 478 g/mol. The lowest BCUT2D eigenvalue weighted by molar-refractivity contribution is 0.630. The third-order valence-electron chi connectivity index (χ3n) is 5.34. The van der Waals surface area contributed by atoms with Crippen molar-refractivity contribution >= 4 is 34.0 Å². The van der Waals surface area contributed by atoms with E-state index in [-0.39, 0.29) is 17.2 Å². The number of H-pyrrole nitrogens is 1. The van der Waals surface area contributed by atoms with Crippen LogP contribution in [0.15, 0.2) is 41.5 Å². The van der Waals surface area contributed by atoms with Crippen molar-refractivity contribution < 1.29 is 0 Å². The molecule has 4 heterocycles. The Kier molecular flexibility index (Phi) is 5.21. The first-order chi connectivity index (χ1) is 16.3. The van der Waals surface area contributed by atoms with Gasteiger partial charge in [-0.3, -0.25) is 14.5 Å². The number of pyridine rings is 1. The van der Waals surface area contributed by atoms with Crippen LogP contribution in [0.25, 0.3) is 28.0 Å². The van der Waals surface area contributed by atoms with Crippen molar-refractivity contribution in [2.24, 2.45) is 7.05 Å². The third-order valence-corrected chi connectivity index (χ3v) is 5.57. The van der Waals surface area contributed by atoms with Gasteiger partial charge in [-0.05, 0) is 42.6 Å². The molecule has 4 aromatic heterocycles. The van der Waals surface area contributed by atoms with Crippen molar-refractivity contribution in [3.63, 3.8) is 0 Å². The van der Waals surface area contributed by atoms with Crippen molar-refractivity contribution in [3.8, 4) is 17.2 Å². The number of hydrogen-bond donors (Lipinski definition) is 3. The number of nitrogens with one attached hydrogen (secondary N) is 2. The summed E-state index contributed by atoms with van der Waals surface area (Å²) in [5.41, 5.74) is 7.77. The topological polar surface area (TPSA) is 158 Å². The van der Waals surface area contributed by atoms with Crippen LogP contribution in [-0.2, 0) is 7.05 Å². The number of tetrazole rings is 1. The highest BCUT2D eigenvalue weighted by molar-refractivity contribution is 6.31. The van der Waals surface area contributed by atoms with Gasteiger partial charge in [-0.15, -0.1) is 10.2 Å². The molecular weight excluding hydrogens is 458 g/mol. The maximum Gasteiger partial charge on any atom is 0.264 e. The van der Waals surface area contributed by atoms with Crippen LogP contribution in [-0.4, -0.2) is 44.9 Å². The number of anilines is 2. The highest BCUT2D eigenvalue weighted by atomic mass is 35.5. The minimum absolute atomic E-state index is 0.200. The first kappa shape index (κ1) is 21.5. The largest absolute Gasteiger partial charge is 0.383 e. The summed E-state index contributed by atoms with van der Waals surface area (Å²) in [5.74, 6) is 1.35. The number of aromatic nitrogens is 9. The summed E-state index contributed by atoms with van der Waals surface area (Å²) in [4.78, 5) is 23.3. The molecule has 34 heavy (non-hydrogen) atoms. The molecule has 5 rings (SSSR count). The molecular formula is C21H20ClN11O. The molecule has 0 spiro atoms. The fourth-order valence-electron chi connectivity index (χ4n) is 3.77. The molecule has 0 saturated carbocycles. The number of nitrogens with two attached hydrogens (primary N) is 1. The van der Waals surface area contributed by atoms with E-state index in [9.17, 15) is 4.79 Å². The fraction of sp³-hybridized carbons (Fsp3) is 0.190. The zero-order valence-corrected chi connectivity index (χ0v) is 19.2. The summed E-state index contributed by atoms with van der Waals surface area (Å²) >= 11 is 6.17. The molecule has 1 atom stereocenters. The second-order valence-corrected chi connectivity index (χ2v) is 8.24. The zero-order chi connectivity index (χ0) is 24.0. The van der Waals surface area contributed by atoms with Gasteiger partial charge in [-0.2, -0.15) is 9.90 Å². The van der Waals surface area contributed by atoms with E-state index in [4.69, 9.17) is 17.3 Å². The quantitative estimate of drug-likeness (QED) is 0.345. The molecule has 0 amide bonds. The minimum atomic E-state index is -0.408. The number of rotatable bonds is 5. The van der Waals surface area contributed by atoms with Crippen LogP contribution >= 0.6 is 11.6 Å². The van der Waals surface area contributed by atoms with E-state index in [1.807, 2.05) is 26.0 Å². The van der Waals surface area contributed by atoms with Crippen LogP contribution in [0.5, 0.6) is 0 Å². The van der Waals surface area contributed by atoms with Crippen molar-refractivity contribution in [3.05, 3.63) is 63.4 Å². The lowest BCUT2D eigenvalue weighted by Gasteiger charge is -2.21. The smallest absolute Gasteiger partial charge is 0.264 e. The SMILES string of the molecule is Cc1cc(-n2c(C(C)Nc3ncnc(N)c3-c3nnn(C)n3)cc3ccc(Cl)cc3c2=O)n[nH]1. The van der Waals surface area contributed by atoms with Gasteiger partial charge in [0.05, 0.1) is 18.8 Å². The molecule has 0 aliphatic carbocycles. The van der Waals surface area contributed by atoms with Crippen LogP contribution < -0.4 is 16.6 Å². The monoisotopic (exact) mass is 477 g/mol. The van der Waals surface area contributed by atoms with E-state index in [0.29, 0.717) is 33.3 Å². The number of nitrogens with zero attached hydrogens (tertiary/aromatic N) is 8. The Bertz CT molecular complexity index is 1590. The van der Waals surface area contributed by atoms with Crippen molar-refractivity contribution in [1.29, 1.82) is 0 Å². The van der Waals surface area contributed by atoms with Gasteiger partial charge < -0.3 is 11.1 Å². The number of fused-ring (bicyclic) bond motifs is 1. The third kappa shape index (κ3) is 3.73. The minimum Gasteiger partial charge on any atom is -0.383 e. The van der Waals surface area contributed by atoms with Gasteiger partial charge in [0.2, 0.25) is 5.82 Å². The first-order valence-corrected chi connectivity index (χ1v) is 10.7. The normalized spacial score (nSPS) is 12.2. The van der Waals surface area contributed by atoms with Crippen LogP contribution in [0.1, 0.15) is 24.4 Å². The molecule has 0 aliphatic heterocycles. The van der Waals surface area contributed by atoms with E-state index >= 15 is 0 Å². The van der Waals surface area contributed by atoms with Gasteiger partial charge >= 0.3 is 0 Å². The molecule has 0 saturated heterocycles. The van der Waals surface area contributed by atoms with Crippen molar-refractivity contribution in [2.75, 3.05) is 11.1 Å². The first-order valence-electron chi connectivity index (χ1n) is 10.3. The van der Waals surface area contributed by atoms with Crippen LogP contribution in [0.2, 0.25) is 5.02 Å². The van der Waals surface area contributed by atoms with Crippen molar-refractivity contribution in [2.45, 2.75) is 19.9 Å². The highest BCUT2D eigenvalue weighted by Gasteiger charge is 2.22. The molecule has 172 valence electrons. The Morgan fingerprint density at radius 1 is 1.21 bits per heavy atom. The Labute approximate surface area is 197 Å². The van der Waals surface area contributed by atoms with Gasteiger partial charge in [0, 0.05) is 22.2 Å². The Morgan fingerprint density at radius 3 is 2.74 bits per heavy atom. The van der Waals surface area contributed by atoms with E-state index < -0.39 is 6.04 Å². The Balaban J connectivity index is 1.66. The Hall–Kier alpha value is -4.32. The zero-order valence-electron chi connectivity index (χ0n) is 18.5. The average Bonchev–Trinajstić information content (AvgIpc) is 3.42. The van der Waals surface area contributed by atoms with E-state index in [1.165, 1.54) is 11.1 Å². The van der Waals surface area contributed by atoms with E-state index in [1.54, 1.807) is 29.8 Å².